The summed E-state index contributed by atoms with van der Waals surface area (Å²) in [6.45, 7) is 5.15. The molecule has 0 fully saturated rings. The lowest BCUT2D eigenvalue weighted by Gasteiger charge is -2.25. The Labute approximate surface area is 210 Å². The largest absolute Gasteiger partial charge is 0.495 e. The van der Waals surface area contributed by atoms with Gasteiger partial charge in [-0.2, -0.15) is 9.82 Å². The lowest BCUT2D eigenvalue weighted by Crippen LogP contribution is -2.33. The Bertz CT molecular complexity index is 1580. The summed E-state index contributed by atoms with van der Waals surface area (Å²) in [6, 6.07) is 5.69. The van der Waals surface area contributed by atoms with E-state index >= 15 is 4.39 Å². The fraction of sp³-hybridized carbons (Fsp3) is 0.261. The molecule has 0 amide bonds. The number of sulfonamides is 1. The summed E-state index contributed by atoms with van der Waals surface area (Å²) < 4.78 is 54.9. The zero-order valence-corrected chi connectivity index (χ0v) is 21.3. The first kappa shape index (κ1) is 25.6. The summed E-state index contributed by atoms with van der Waals surface area (Å²) in [7, 11) is -2.98. The normalized spacial score (nSPS) is 13.5. The first-order valence-electron chi connectivity index (χ1n) is 10.7. The van der Waals surface area contributed by atoms with Crippen LogP contribution in [0.3, 0.4) is 0 Å². The number of rotatable bonds is 8. The molecular weight excluding hydrogens is 513 g/mol. The first-order chi connectivity index (χ1) is 17.0. The topological polar surface area (TPSA) is 143 Å². The van der Waals surface area contributed by atoms with Crippen molar-refractivity contribution in [1.82, 2.24) is 25.1 Å². The lowest BCUT2D eigenvalue weighted by molar-refractivity contribution is 0.374. The maximum absolute atomic E-state index is 15.3. The van der Waals surface area contributed by atoms with Gasteiger partial charge in [0.1, 0.15) is 22.5 Å². The predicted octanol–water partition coefficient (Wildman–Crippen LogP) is 3.99. The van der Waals surface area contributed by atoms with Crippen molar-refractivity contribution in [3.05, 3.63) is 80.6 Å². The number of hydrogen-bond donors (Lipinski definition) is 3. The minimum absolute atomic E-state index is 0.00433. The van der Waals surface area contributed by atoms with E-state index in [0.29, 0.717) is 16.8 Å². The summed E-state index contributed by atoms with van der Waals surface area (Å²) in [5.74, 6) is -2.56. The van der Waals surface area contributed by atoms with E-state index in [2.05, 4.69) is 25.1 Å². The van der Waals surface area contributed by atoms with E-state index in [4.69, 9.17) is 20.8 Å². The van der Waals surface area contributed by atoms with Crippen molar-refractivity contribution < 1.29 is 22.0 Å². The first-order valence-corrected chi connectivity index (χ1v) is 12.6. The van der Waals surface area contributed by atoms with Crippen LogP contribution in [0.2, 0.25) is 5.02 Å². The maximum Gasteiger partial charge on any atom is 0.434 e. The molecule has 2 aromatic carbocycles. The molecule has 0 spiro atoms. The van der Waals surface area contributed by atoms with Gasteiger partial charge in [-0.1, -0.05) is 24.6 Å². The Balaban J connectivity index is 1.83. The van der Waals surface area contributed by atoms with Gasteiger partial charge in [-0.05, 0) is 48.7 Å². The van der Waals surface area contributed by atoms with E-state index in [1.807, 2.05) is 6.92 Å². The van der Waals surface area contributed by atoms with E-state index in [1.165, 1.54) is 31.4 Å². The Morgan fingerprint density at radius 1 is 1.17 bits per heavy atom. The lowest BCUT2D eigenvalue weighted by atomic mass is 9.86. The van der Waals surface area contributed by atoms with Crippen molar-refractivity contribution in [2.45, 2.75) is 37.6 Å². The molecule has 4 aromatic rings. The summed E-state index contributed by atoms with van der Waals surface area (Å²) in [5, 5.41) is 13.1. The number of aromatic nitrogens is 4. The van der Waals surface area contributed by atoms with Crippen molar-refractivity contribution >= 4 is 21.6 Å². The van der Waals surface area contributed by atoms with E-state index in [1.54, 1.807) is 26.1 Å². The Morgan fingerprint density at radius 2 is 1.92 bits per heavy atom. The average molecular weight is 536 g/mol. The number of nitrogens with zero attached hydrogens (tertiary/aromatic N) is 2. The number of halogens is 2. The minimum atomic E-state index is -4.28. The minimum Gasteiger partial charge on any atom is -0.495 e. The van der Waals surface area contributed by atoms with E-state index in [0.717, 1.165) is 5.56 Å². The molecular formula is C23H23ClFN5O5S. The zero-order chi connectivity index (χ0) is 26.2. The molecule has 0 bridgehead atoms. The molecule has 2 aromatic heterocycles. The number of aromatic amines is 2. The third-order valence-electron chi connectivity index (χ3n) is 5.96. The van der Waals surface area contributed by atoms with Crippen molar-refractivity contribution in [3.8, 4) is 16.9 Å². The molecule has 13 heteroatoms. The molecule has 0 aliphatic rings. The predicted molar refractivity (Wildman–Crippen MR) is 130 cm³/mol. The highest BCUT2D eigenvalue weighted by atomic mass is 35.5. The third-order valence-corrected chi connectivity index (χ3v) is 7.67. The molecule has 0 saturated heterocycles. The van der Waals surface area contributed by atoms with Gasteiger partial charge in [0.15, 0.2) is 0 Å². The molecule has 10 nitrogen and oxygen atoms in total. The van der Waals surface area contributed by atoms with Crippen LogP contribution in [0.25, 0.3) is 11.1 Å². The SMILES string of the molecule is COc1cc(Cl)ccc1S(=O)(=O)NC(c1n[nH]c(=O)o1)C(C)c1c(F)ccc(-c2c[nH]nc2C)c1C. The van der Waals surface area contributed by atoms with E-state index < -0.39 is 33.6 Å². The zero-order valence-electron chi connectivity index (χ0n) is 19.7. The van der Waals surface area contributed by atoms with Gasteiger partial charge in [0.05, 0.1) is 12.8 Å². The van der Waals surface area contributed by atoms with E-state index in [-0.39, 0.29) is 27.1 Å². The maximum atomic E-state index is 15.3. The summed E-state index contributed by atoms with van der Waals surface area (Å²) in [5.41, 5.74) is 2.99. The Morgan fingerprint density at radius 3 is 2.53 bits per heavy atom. The number of H-pyrrole nitrogens is 2. The number of aryl methyl sites for hydroxylation is 1. The molecule has 0 radical (unpaired) electrons. The summed E-state index contributed by atoms with van der Waals surface area (Å²) >= 11 is 5.98. The van der Waals surface area contributed by atoms with Crippen molar-refractivity contribution in [1.29, 1.82) is 0 Å². The van der Waals surface area contributed by atoms with Crippen LogP contribution in [0.4, 0.5) is 4.39 Å². The molecule has 3 N–H and O–H groups in total. The van der Waals surface area contributed by atoms with Gasteiger partial charge in [0.25, 0.3) is 0 Å². The summed E-state index contributed by atoms with van der Waals surface area (Å²) in [6.07, 6.45) is 1.70. The molecule has 0 aliphatic carbocycles. The summed E-state index contributed by atoms with van der Waals surface area (Å²) in [4.78, 5) is 11.5. The van der Waals surface area contributed by atoms with Crippen LogP contribution in [-0.4, -0.2) is 35.9 Å². The van der Waals surface area contributed by atoms with Gasteiger partial charge in [-0.15, -0.1) is 5.10 Å². The number of nitrogens with one attached hydrogen (secondary N) is 3. The quantitative estimate of drug-likeness (QED) is 0.309. The molecule has 0 aliphatic heterocycles. The van der Waals surface area contributed by atoms with Crippen molar-refractivity contribution in [3.63, 3.8) is 0 Å². The molecule has 2 unspecified atom stereocenters. The fourth-order valence-electron chi connectivity index (χ4n) is 4.18. The van der Waals surface area contributed by atoms with Crippen LogP contribution in [0.1, 0.15) is 41.6 Å². The van der Waals surface area contributed by atoms with Gasteiger partial charge in [0.2, 0.25) is 15.9 Å². The molecule has 2 heterocycles. The average Bonchev–Trinajstić information content (AvgIpc) is 3.45. The van der Waals surface area contributed by atoms with Gasteiger partial charge in [-0.3, -0.25) is 5.10 Å². The smallest absolute Gasteiger partial charge is 0.434 e. The van der Waals surface area contributed by atoms with Crippen LogP contribution < -0.4 is 15.2 Å². The highest BCUT2D eigenvalue weighted by Crippen LogP contribution is 2.39. The second kappa shape index (κ2) is 9.88. The number of hydrogen-bond acceptors (Lipinski definition) is 7. The van der Waals surface area contributed by atoms with Crippen LogP contribution in [0, 0.1) is 19.7 Å². The molecule has 0 saturated carbocycles. The molecule has 36 heavy (non-hydrogen) atoms. The highest BCUT2D eigenvalue weighted by Gasteiger charge is 2.34. The van der Waals surface area contributed by atoms with E-state index in [9.17, 15) is 13.2 Å². The molecule has 2 atom stereocenters. The van der Waals surface area contributed by atoms with Crippen molar-refractivity contribution in [2.24, 2.45) is 0 Å². The van der Waals surface area contributed by atoms with Gasteiger partial charge >= 0.3 is 5.76 Å². The molecule has 4 rings (SSSR count). The monoisotopic (exact) mass is 535 g/mol. The Hall–Kier alpha value is -3.48. The second-order valence-corrected chi connectivity index (χ2v) is 10.3. The second-order valence-electron chi connectivity index (χ2n) is 8.15. The van der Waals surface area contributed by atoms with Gasteiger partial charge < -0.3 is 9.15 Å². The fourth-order valence-corrected chi connectivity index (χ4v) is 5.76. The number of ether oxygens (including phenoxy) is 1. The highest BCUT2D eigenvalue weighted by molar-refractivity contribution is 7.89. The Kier molecular flexibility index (Phi) is 7.03. The van der Waals surface area contributed by atoms with Crippen LogP contribution in [0.15, 0.2) is 50.6 Å². The van der Waals surface area contributed by atoms with Crippen LogP contribution in [0.5, 0.6) is 5.75 Å². The number of benzene rings is 2. The van der Waals surface area contributed by atoms with Crippen LogP contribution in [-0.2, 0) is 10.0 Å². The standard InChI is InChI=1S/C23H23ClFN5O5S/c1-11-15(16-10-26-27-13(16)3)6-7-17(25)20(11)12(2)21(22-28-29-23(31)35-22)30-36(32,33)19-8-5-14(24)9-18(19)34-4/h5-10,12,21,30H,1-4H3,(H,26,27)(H,29,31). The van der Waals surface area contributed by atoms with Crippen molar-refractivity contribution in [2.75, 3.05) is 7.11 Å². The van der Waals surface area contributed by atoms with Gasteiger partial charge in [0, 0.05) is 28.8 Å². The van der Waals surface area contributed by atoms with Crippen LogP contribution >= 0.6 is 11.6 Å². The van der Waals surface area contributed by atoms with Gasteiger partial charge in [-0.25, -0.2) is 22.7 Å². The number of methoxy groups -OCH3 is 1. The molecule has 190 valence electrons. The third kappa shape index (κ3) is 4.79.